The highest BCUT2D eigenvalue weighted by Crippen LogP contribution is 2.46. The lowest BCUT2D eigenvalue weighted by molar-refractivity contribution is -0.145. The van der Waals surface area contributed by atoms with E-state index in [1.165, 1.54) is 16.7 Å². The van der Waals surface area contributed by atoms with Crippen LogP contribution in [0.4, 0.5) is 0 Å². The predicted octanol–water partition coefficient (Wildman–Crippen LogP) is 0.884. The summed E-state index contributed by atoms with van der Waals surface area (Å²) in [5.41, 5.74) is 0.516. The molecule has 116 valence electrons. The highest BCUT2D eigenvalue weighted by atomic mass is 32.2. The molecule has 1 atom stereocenters. The van der Waals surface area contributed by atoms with Gasteiger partial charge >= 0.3 is 5.97 Å². The Bertz CT molecular complexity index is 796. The molecule has 0 radical (unpaired) electrons. The number of β-lactam (4-membered cyclic amide) rings is 1. The van der Waals surface area contributed by atoms with Crippen LogP contribution >= 0.6 is 11.8 Å². The smallest absolute Gasteiger partial charge is 0.353 e. The summed E-state index contributed by atoms with van der Waals surface area (Å²) in [7, 11) is 0. The fraction of sp³-hybridized carbons (Fsp3) is 0.200. The van der Waals surface area contributed by atoms with Gasteiger partial charge in [-0.15, -0.1) is 11.8 Å². The van der Waals surface area contributed by atoms with Crippen LogP contribution in [0.5, 0.6) is 0 Å². The molecule has 0 aliphatic carbocycles. The number of hydrogen-bond donors (Lipinski definition) is 1. The van der Waals surface area contributed by atoms with Crippen molar-refractivity contribution >= 4 is 35.5 Å². The van der Waals surface area contributed by atoms with Gasteiger partial charge in [-0.2, -0.15) is 0 Å². The average Bonchev–Trinajstić information content (AvgIpc) is 2.95. The Morgan fingerprint density at radius 3 is 2.30 bits per heavy atom. The molecular weight excluding hydrogens is 320 g/mol. The molecule has 0 spiro atoms. The average molecular weight is 330 g/mol. The molecule has 3 amide bonds. The molecule has 0 aromatic heterocycles. The summed E-state index contributed by atoms with van der Waals surface area (Å²) in [4.78, 5) is 50.4. The van der Waals surface area contributed by atoms with Crippen LogP contribution in [0.1, 0.15) is 27.1 Å². The van der Waals surface area contributed by atoms with Gasteiger partial charge in [-0.1, -0.05) is 12.1 Å². The number of imide groups is 1. The third-order valence-electron chi connectivity index (χ3n) is 4.07. The van der Waals surface area contributed by atoms with Crippen molar-refractivity contribution in [2.45, 2.75) is 11.8 Å². The summed E-state index contributed by atoms with van der Waals surface area (Å²) >= 11 is 1.23. The zero-order valence-electron chi connectivity index (χ0n) is 11.7. The van der Waals surface area contributed by atoms with E-state index in [-0.39, 0.29) is 29.9 Å². The topological polar surface area (TPSA) is 95.0 Å². The van der Waals surface area contributed by atoms with Gasteiger partial charge in [-0.05, 0) is 12.1 Å². The zero-order valence-corrected chi connectivity index (χ0v) is 12.5. The minimum Gasteiger partial charge on any atom is -0.477 e. The summed E-state index contributed by atoms with van der Waals surface area (Å²) in [6, 6.07) is 6.48. The molecule has 0 bridgehead atoms. The fourth-order valence-electron chi connectivity index (χ4n) is 2.97. The number of carbonyl (C=O) groups is 4. The molecule has 3 heterocycles. The summed E-state index contributed by atoms with van der Waals surface area (Å²) in [6.07, 6.45) is 0.271. The molecule has 3 aliphatic rings. The van der Waals surface area contributed by atoms with E-state index in [2.05, 4.69) is 0 Å². The Hall–Kier alpha value is -2.61. The van der Waals surface area contributed by atoms with Crippen molar-refractivity contribution in [3.63, 3.8) is 0 Å². The first kappa shape index (κ1) is 14.0. The van der Waals surface area contributed by atoms with E-state index in [1.807, 2.05) is 0 Å². The summed E-state index contributed by atoms with van der Waals surface area (Å²) in [6.45, 7) is -0.126. The molecule has 1 N–H and O–H groups in total. The van der Waals surface area contributed by atoms with Crippen molar-refractivity contribution in [2.24, 2.45) is 0 Å². The van der Waals surface area contributed by atoms with Crippen molar-refractivity contribution in [1.29, 1.82) is 0 Å². The van der Waals surface area contributed by atoms with E-state index in [0.29, 0.717) is 16.0 Å². The number of carboxylic acids is 1. The van der Waals surface area contributed by atoms with E-state index < -0.39 is 17.8 Å². The SMILES string of the molecule is O=C(O)C1=C(CN2C(=O)c3ccccc3C2=O)S[C@@H]2CC(=O)N12. The molecule has 7 nitrogen and oxygen atoms in total. The van der Waals surface area contributed by atoms with Crippen LogP contribution in [0.3, 0.4) is 0 Å². The quantitative estimate of drug-likeness (QED) is 0.653. The van der Waals surface area contributed by atoms with Gasteiger partial charge in [0.05, 0.1) is 29.5 Å². The maximum absolute atomic E-state index is 12.4. The third-order valence-corrected chi connectivity index (χ3v) is 5.33. The lowest BCUT2D eigenvalue weighted by atomic mass is 10.1. The van der Waals surface area contributed by atoms with Gasteiger partial charge in [0.1, 0.15) is 5.70 Å². The molecular formula is C15H10N2O5S. The van der Waals surface area contributed by atoms with Crippen LogP contribution in [0.25, 0.3) is 0 Å². The summed E-state index contributed by atoms with van der Waals surface area (Å²) < 4.78 is 0. The highest BCUT2D eigenvalue weighted by molar-refractivity contribution is 8.04. The Labute approximate surface area is 134 Å². The second-order valence-electron chi connectivity index (χ2n) is 5.36. The molecule has 8 heteroatoms. The first-order valence-electron chi connectivity index (χ1n) is 6.89. The number of aliphatic carboxylic acids is 1. The second kappa shape index (κ2) is 4.69. The number of thioether (sulfide) groups is 1. The number of benzene rings is 1. The number of fused-ring (bicyclic) bond motifs is 2. The van der Waals surface area contributed by atoms with Crippen LogP contribution in [0.2, 0.25) is 0 Å². The van der Waals surface area contributed by atoms with Crippen LogP contribution < -0.4 is 0 Å². The van der Waals surface area contributed by atoms with E-state index >= 15 is 0 Å². The molecule has 4 rings (SSSR count). The van der Waals surface area contributed by atoms with Crippen molar-refractivity contribution < 1.29 is 24.3 Å². The molecule has 0 saturated carbocycles. The van der Waals surface area contributed by atoms with Gasteiger partial charge in [0.2, 0.25) is 5.91 Å². The van der Waals surface area contributed by atoms with Gasteiger partial charge in [-0.25, -0.2) is 4.79 Å². The maximum Gasteiger partial charge on any atom is 0.353 e. The number of hydrogen-bond acceptors (Lipinski definition) is 5. The number of nitrogens with zero attached hydrogens (tertiary/aromatic N) is 2. The van der Waals surface area contributed by atoms with E-state index in [1.54, 1.807) is 24.3 Å². The summed E-state index contributed by atoms with van der Waals surface area (Å²) in [5.74, 6) is -2.36. The molecule has 1 aromatic rings. The number of carboxylic acid groups (broad SMARTS) is 1. The number of rotatable bonds is 3. The standard InChI is InChI=1S/C15H10N2O5S/c18-10-5-11-17(10)12(15(21)22)9(23-11)6-16-13(19)7-3-1-2-4-8(7)14(16)20/h1-4,11H,5-6H2,(H,21,22)/t11-/m1/s1. The van der Waals surface area contributed by atoms with Gasteiger partial charge in [-0.3, -0.25) is 24.2 Å². The maximum atomic E-state index is 12.4. The van der Waals surface area contributed by atoms with Crippen LogP contribution in [-0.4, -0.2) is 50.5 Å². The van der Waals surface area contributed by atoms with E-state index in [9.17, 15) is 24.3 Å². The fourth-order valence-corrected chi connectivity index (χ4v) is 4.35. The first-order chi connectivity index (χ1) is 11.0. The predicted molar refractivity (Wildman–Crippen MR) is 79.3 cm³/mol. The van der Waals surface area contributed by atoms with Crippen molar-refractivity contribution in [3.05, 3.63) is 46.0 Å². The lowest BCUT2D eigenvalue weighted by Crippen LogP contribution is -2.48. The van der Waals surface area contributed by atoms with Crippen molar-refractivity contribution in [2.75, 3.05) is 6.54 Å². The third kappa shape index (κ3) is 1.84. The minimum absolute atomic E-state index is 0.118. The second-order valence-corrected chi connectivity index (χ2v) is 6.63. The molecule has 23 heavy (non-hydrogen) atoms. The Balaban J connectivity index is 1.68. The molecule has 3 aliphatic heterocycles. The largest absolute Gasteiger partial charge is 0.477 e. The van der Waals surface area contributed by atoms with Crippen LogP contribution in [0.15, 0.2) is 34.9 Å². The van der Waals surface area contributed by atoms with Crippen molar-refractivity contribution in [3.8, 4) is 0 Å². The van der Waals surface area contributed by atoms with Gasteiger partial charge in [0, 0.05) is 4.91 Å². The molecule has 1 fully saturated rings. The van der Waals surface area contributed by atoms with Gasteiger partial charge in [0.25, 0.3) is 11.8 Å². The number of carbonyl (C=O) groups excluding carboxylic acids is 3. The normalized spacial score (nSPS) is 22.4. The Morgan fingerprint density at radius 2 is 1.78 bits per heavy atom. The van der Waals surface area contributed by atoms with E-state index in [0.717, 1.165) is 4.90 Å². The lowest BCUT2D eigenvalue weighted by Gasteiger charge is -2.33. The monoisotopic (exact) mass is 330 g/mol. The van der Waals surface area contributed by atoms with Gasteiger partial charge < -0.3 is 5.11 Å². The highest BCUT2D eigenvalue weighted by Gasteiger charge is 2.49. The molecule has 1 saturated heterocycles. The zero-order chi connectivity index (χ0) is 16.3. The molecule has 1 aromatic carbocycles. The minimum atomic E-state index is -1.22. The Morgan fingerprint density at radius 1 is 1.17 bits per heavy atom. The van der Waals surface area contributed by atoms with Gasteiger partial charge in [0.15, 0.2) is 0 Å². The molecule has 0 unspecified atom stereocenters. The Kier molecular flexibility index (Phi) is 2.86. The van der Waals surface area contributed by atoms with Crippen LogP contribution in [-0.2, 0) is 9.59 Å². The van der Waals surface area contributed by atoms with E-state index in [4.69, 9.17) is 0 Å². The summed E-state index contributed by atoms with van der Waals surface area (Å²) in [5, 5.41) is 9.11. The van der Waals surface area contributed by atoms with Crippen molar-refractivity contribution in [1.82, 2.24) is 9.80 Å². The number of amides is 3. The first-order valence-corrected chi connectivity index (χ1v) is 7.77. The van der Waals surface area contributed by atoms with Crippen LogP contribution in [0, 0.1) is 0 Å².